The van der Waals surface area contributed by atoms with Gasteiger partial charge in [0.05, 0.1) is 6.10 Å². The molecule has 4 aromatic carbocycles. The Morgan fingerprint density at radius 2 is 0.949 bits per heavy atom. The van der Waals surface area contributed by atoms with Gasteiger partial charge in [0.25, 0.3) is 0 Å². The maximum Gasteiger partial charge on any atom is 1.00 e. The predicted octanol–water partition coefficient (Wildman–Crippen LogP) is 3.03. The van der Waals surface area contributed by atoms with Gasteiger partial charge in [-0.3, -0.25) is 0 Å². The van der Waals surface area contributed by atoms with Crippen LogP contribution in [0.15, 0.2) is 121 Å². The molecule has 1 aliphatic heterocycles. The molecule has 0 unspecified atom stereocenters. The molecule has 194 valence electrons. The van der Waals surface area contributed by atoms with E-state index in [1.807, 2.05) is 111 Å². The van der Waals surface area contributed by atoms with Crippen molar-refractivity contribution in [2.24, 2.45) is 0 Å². The van der Waals surface area contributed by atoms with Crippen LogP contribution in [0.25, 0.3) is 0 Å². The Balaban J connectivity index is 0.00000353. The van der Waals surface area contributed by atoms with Gasteiger partial charge < -0.3 is 18.4 Å². The van der Waals surface area contributed by atoms with Crippen LogP contribution in [-0.4, -0.2) is 32.5 Å². The van der Waals surface area contributed by atoms with Crippen LogP contribution in [0.5, 0.6) is 0 Å². The zero-order valence-electron chi connectivity index (χ0n) is 23.4. The van der Waals surface area contributed by atoms with E-state index in [1.165, 1.54) is 0 Å². The molecule has 2 atom stereocenters. The molecule has 0 aromatic heterocycles. The van der Waals surface area contributed by atoms with Crippen molar-refractivity contribution in [3.63, 3.8) is 0 Å². The van der Waals surface area contributed by atoms with E-state index in [4.69, 9.17) is 13.3 Å². The fourth-order valence-corrected chi connectivity index (χ4v) is 6.81. The van der Waals surface area contributed by atoms with Crippen LogP contribution < -0.4 is 24.0 Å². The van der Waals surface area contributed by atoms with Gasteiger partial charge >= 0.3 is 33.3 Å². The molecule has 0 N–H and O–H groups in total. The molecule has 1 heterocycles. The molecule has 0 aliphatic carbocycles. The van der Waals surface area contributed by atoms with E-state index in [0.717, 1.165) is 11.1 Å². The van der Waals surface area contributed by atoms with E-state index in [-0.39, 0.29) is 18.9 Å². The largest absolute Gasteiger partial charge is 1.00 e. The minimum atomic E-state index is -1.77. The van der Waals surface area contributed by atoms with Gasteiger partial charge in [-0.15, -0.1) is 0 Å². The summed E-state index contributed by atoms with van der Waals surface area (Å²) in [6, 6.07) is 39.3. The second-order valence-electron chi connectivity index (χ2n) is 10.6. The molecule has 1 aliphatic rings. The van der Waals surface area contributed by atoms with E-state index in [0.29, 0.717) is 11.1 Å². The van der Waals surface area contributed by atoms with Crippen LogP contribution >= 0.6 is 0 Å². The summed E-state index contributed by atoms with van der Waals surface area (Å²) in [4.78, 5) is 0. The van der Waals surface area contributed by atoms with Crippen LogP contribution in [0, 0.1) is 0 Å². The summed E-state index contributed by atoms with van der Waals surface area (Å²) in [5, 5.41) is 15.6. The summed E-state index contributed by atoms with van der Waals surface area (Å²) in [6.45, 7) is 3.76. The van der Waals surface area contributed by atoms with E-state index in [1.54, 1.807) is 0 Å². The Labute approximate surface area is 248 Å². The Kier molecular flexibility index (Phi) is 9.30. The summed E-state index contributed by atoms with van der Waals surface area (Å²) in [6.07, 6.45) is -1.65. The van der Waals surface area contributed by atoms with Crippen LogP contribution in [0.1, 0.15) is 36.1 Å². The van der Waals surface area contributed by atoms with Crippen molar-refractivity contribution >= 4 is 14.5 Å². The van der Waals surface area contributed by atoms with Crippen molar-refractivity contribution in [3.05, 3.63) is 144 Å². The van der Waals surface area contributed by atoms with Crippen molar-refractivity contribution in [3.8, 4) is 0 Å². The number of rotatable bonds is 8. The van der Waals surface area contributed by atoms with E-state index in [9.17, 15) is 0 Å². The molecule has 0 amide bonds. The van der Waals surface area contributed by atoms with Crippen molar-refractivity contribution in [1.29, 1.82) is 0 Å². The molecule has 0 bridgehead atoms. The van der Waals surface area contributed by atoms with Gasteiger partial charge in [-0.1, -0.05) is 144 Å². The summed E-state index contributed by atoms with van der Waals surface area (Å²) in [7, 11) is 0. The predicted molar refractivity (Wildman–Crippen MR) is 150 cm³/mol. The van der Waals surface area contributed by atoms with Gasteiger partial charge in [-0.05, 0) is 30.6 Å². The Morgan fingerprint density at radius 1 is 0.615 bits per heavy atom. The molecular weight excluding hydrogens is 494 g/mol. The van der Waals surface area contributed by atoms with Gasteiger partial charge in [-0.2, -0.15) is 0 Å². The maximum atomic E-state index is 15.6. The third-order valence-corrected chi connectivity index (χ3v) is 7.97. The number of benzene rings is 4. The second kappa shape index (κ2) is 12.2. The Morgan fingerprint density at radius 3 is 1.31 bits per heavy atom. The normalized spacial score (nSPS) is 18.8. The van der Waals surface area contributed by atoms with Gasteiger partial charge in [0.1, 0.15) is 11.7 Å². The van der Waals surface area contributed by atoms with E-state index >= 15 is 5.11 Å². The maximum absolute atomic E-state index is 15.6. The standard InChI is InChI=1S/C31H28O4.2CH3.Al.Li/c1-29(2)34-27(30(32,23-15-7-3-8-16-23)24-17-9-4-10-18-24)28(35-29)31(33,25-19-11-5-12-20-25)26-21-13-6-14-22-26;;;;/h3-22,27-28H,1-2H3;2*1H3;;/q-2;;;2*+1/t27-,28-;;;;/m1..../s1. The zero-order valence-corrected chi connectivity index (χ0v) is 24.6. The molecule has 0 saturated carbocycles. The smallest absolute Gasteiger partial charge is 0.841 e. The van der Waals surface area contributed by atoms with Crippen LogP contribution in [0.4, 0.5) is 0 Å². The topological polar surface area (TPSA) is 50.8 Å². The van der Waals surface area contributed by atoms with Crippen LogP contribution in [-0.2, 0) is 24.5 Å². The summed E-state index contributed by atoms with van der Waals surface area (Å²) in [5.41, 5.74) is 0.302. The third-order valence-electron chi connectivity index (χ3n) is 7.13. The third kappa shape index (κ3) is 5.71. The quantitative estimate of drug-likeness (QED) is 0.330. The molecule has 1 fully saturated rings. The minimum absolute atomic E-state index is 0. The second-order valence-corrected chi connectivity index (χ2v) is 12.9. The van der Waals surface area contributed by atoms with Crippen molar-refractivity contribution in [2.75, 3.05) is 0 Å². The fourth-order valence-electron chi connectivity index (χ4n) is 5.66. The van der Waals surface area contributed by atoms with Crippen LogP contribution in [0.2, 0.25) is 11.6 Å². The van der Waals surface area contributed by atoms with Gasteiger partial charge in [-0.25, -0.2) is 0 Å². The van der Waals surface area contributed by atoms with E-state index < -0.39 is 43.7 Å². The van der Waals surface area contributed by atoms with E-state index in [2.05, 4.69) is 35.8 Å². The monoisotopic (exact) mass is 528 g/mol. The molecule has 1 saturated heterocycles. The molecular formula is C33H34AlLiO4. The van der Waals surface area contributed by atoms with Crippen molar-refractivity contribution in [2.45, 2.75) is 54.6 Å². The first-order valence-corrected chi connectivity index (χ1v) is 16.0. The molecule has 6 heteroatoms. The van der Waals surface area contributed by atoms with Crippen molar-refractivity contribution in [1.82, 2.24) is 0 Å². The molecule has 4 nitrogen and oxygen atoms in total. The molecule has 4 aromatic rings. The Hall–Kier alpha value is -2.15. The Bertz CT molecular complexity index is 1240. The summed E-state index contributed by atoms with van der Waals surface area (Å²) >= 11 is -1.70. The first-order valence-electron chi connectivity index (χ1n) is 13.2. The van der Waals surface area contributed by atoms with Crippen molar-refractivity contribution < 1.29 is 37.2 Å². The minimum Gasteiger partial charge on any atom is -0.841 e. The SMILES string of the molecule is [CH3][Al]([CH3])[O]C(c1ccccc1)(c1ccccc1)[C@@H]1OC(C)(C)O[C@H]1C([O-])(c1ccccc1)c1ccccc1.[Li+]. The summed E-state index contributed by atoms with van der Waals surface area (Å²) < 4.78 is 20.5. The number of ether oxygens (including phenoxy) is 2. The fraction of sp³-hybridized carbons (Fsp3) is 0.273. The number of hydrogen-bond donors (Lipinski definition) is 0. The van der Waals surface area contributed by atoms with Gasteiger partial charge in [0, 0.05) is 0 Å². The molecule has 0 radical (unpaired) electrons. The average Bonchev–Trinajstić information content (AvgIpc) is 3.29. The molecule has 39 heavy (non-hydrogen) atoms. The van der Waals surface area contributed by atoms with Gasteiger partial charge in [0.2, 0.25) is 0 Å². The molecule has 0 spiro atoms. The first-order chi connectivity index (χ1) is 18.3. The zero-order chi connectivity index (χ0) is 26.8. The average molecular weight is 529 g/mol. The summed E-state index contributed by atoms with van der Waals surface area (Å²) in [5.74, 6) is 3.29. The first kappa shape index (κ1) is 29.8. The molecule has 5 rings (SSSR count). The van der Waals surface area contributed by atoms with Gasteiger partial charge in [0.15, 0.2) is 5.79 Å². The number of hydrogen-bond acceptors (Lipinski definition) is 4. The van der Waals surface area contributed by atoms with Crippen LogP contribution in [0.3, 0.4) is 0 Å².